The molecule has 0 saturated carbocycles. The summed E-state index contributed by atoms with van der Waals surface area (Å²) in [6, 6.07) is 0.692. The van der Waals surface area contributed by atoms with E-state index in [2.05, 4.69) is 17.1 Å². The molecular formula is C16H32N2O2. The van der Waals surface area contributed by atoms with Crippen LogP contribution in [0.15, 0.2) is 0 Å². The smallest absolute Gasteiger partial charge is 0.157 e. The minimum absolute atomic E-state index is 0.0568. The number of nitrogens with zero attached hydrogens (tertiary/aromatic N) is 1. The monoisotopic (exact) mass is 284 g/mol. The Kier molecular flexibility index (Phi) is 7.88. The minimum atomic E-state index is 0.0568. The van der Waals surface area contributed by atoms with E-state index in [1.54, 1.807) is 0 Å². The molecule has 4 nitrogen and oxygen atoms in total. The standard InChI is InChI=1S/C16H32N2O2/c1-2-3-10-18(14-15-7-6-9-17-15)11-13-20-16-8-4-5-12-19-16/h15-17H,2-14H2,1H3. The Morgan fingerprint density at radius 1 is 1.20 bits per heavy atom. The molecule has 2 aliphatic heterocycles. The zero-order valence-electron chi connectivity index (χ0n) is 13.1. The average molecular weight is 284 g/mol. The zero-order chi connectivity index (χ0) is 14.0. The molecule has 2 unspecified atom stereocenters. The van der Waals surface area contributed by atoms with Crippen molar-refractivity contribution in [3.05, 3.63) is 0 Å². The molecular weight excluding hydrogens is 252 g/mol. The van der Waals surface area contributed by atoms with Crippen LogP contribution >= 0.6 is 0 Å². The molecule has 2 aliphatic rings. The first-order chi connectivity index (χ1) is 9.88. The lowest BCUT2D eigenvalue weighted by atomic mass is 10.2. The van der Waals surface area contributed by atoms with E-state index in [0.29, 0.717) is 6.04 Å². The van der Waals surface area contributed by atoms with Crippen molar-refractivity contribution >= 4 is 0 Å². The Balaban J connectivity index is 1.63. The molecule has 0 radical (unpaired) electrons. The van der Waals surface area contributed by atoms with Crippen molar-refractivity contribution in [1.29, 1.82) is 0 Å². The van der Waals surface area contributed by atoms with Crippen LogP contribution in [-0.4, -0.2) is 56.6 Å². The van der Waals surface area contributed by atoms with E-state index >= 15 is 0 Å². The van der Waals surface area contributed by atoms with Crippen LogP contribution in [-0.2, 0) is 9.47 Å². The van der Waals surface area contributed by atoms with E-state index in [0.717, 1.165) is 26.2 Å². The summed E-state index contributed by atoms with van der Waals surface area (Å²) >= 11 is 0. The number of hydrogen-bond donors (Lipinski definition) is 1. The zero-order valence-corrected chi connectivity index (χ0v) is 13.1. The number of rotatable bonds is 9. The maximum absolute atomic E-state index is 5.87. The van der Waals surface area contributed by atoms with E-state index in [-0.39, 0.29) is 6.29 Å². The summed E-state index contributed by atoms with van der Waals surface area (Å²) in [6.45, 7) is 8.55. The summed E-state index contributed by atoms with van der Waals surface area (Å²) in [7, 11) is 0. The molecule has 2 fully saturated rings. The maximum Gasteiger partial charge on any atom is 0.157 e. The van der Waals surface area contributed by atoms with Crippen molar-refractivity contribution in [3.63, 3.8) is 0 Å². The van der Waals surface area contributed by atoms with Crippen LogP contribution in [0.5, 0.6) is 0 Å². The molecule has 2 rings (SSSR count). The van der Waals surface area contributed by atoms with Gasteiger partial charge in [0.2, 0.25) is 0 Å². The van der Waals surface area contributed by atoms with E-state index in [9.17, 15) is 0 Å². The lowest BCUT2D eigenvalue weighted by Crippen LogP contribution is -2.40. The van der Waals surface area contributed by atoms with Crippen LogP contribution in [0.2, 0.25) is 0 Å². The summed E-state index contributed by atoms with van der Waals surface area (Å²) < 4.78 is 11.5. The third kappa shape index (κ3) is 6.08. The van der Waals surface area contributed by atoms with Gasteiger partial charge in [0.05, 0.1) is 6.61 Å². The Morgan fingerprint density at radius 2 is 2.15 bits per heavy atom. The average Bonchev–Trinajstić information content (AvgIpc) is 2.98. The lowest BCUT2D eigenvalue weighted by molar-refractivity contribution is -0.164. The first-order valence-electron chi connectivity index (χ1n) is 8.57. The maximum atomic E-state index is 5.87. The van der Waals surface area contributed by atoms with Gasteiger partial charge in [0, 0.05) is 25.7 Å². The second-order valence-corrected chi connectivity index (χ2v) is 6.11. The van der Waals surface area contributed by atoms with Crippen LogP contribution in [0.25, 0.3) is 0 Å². The normalized spacial score (nSPS) is 27.3. The fourth-order valence-electron chi connectivity index (χ4n) is 3.06. The van der Waals surface area contributed by atoms with Gasteiger partial charge < -0.3 is 14.8 Å². The number of unbranched alkanes of at least 4 members (excludes halogenated alkanes) is 1. The van der Waals surface area contributed by atoms with Crippen LogP contribution in [0.3, 0.4) is 0 Å². The van der Waals surface area contributed by atoms with Gasteiger partial charge in [-0.3, -0.25) is 4.90 Å². The Labute approximate surface area is 124 Å². The van der Waals surface area contributed by atoms with E-state index in [1.807, 2.05) is 0 Å². The fourth-order valence-corrected chi connectivity index (χ4v) is 3.06. The van der Waals surface area contributed by atoms with Crippen molar-refractivity contribution in [1.82, 2.24) is 10.2 Å². The molecule has 118 valence electrons. The molecule has 0 spiro atoms. The second-order valence-electron chi connectivity index (χ2n) is 6.11. The topological polar surface area (TPSA) is 33.7 Å². The van der Waals surface area contributed by atoms with Gasteiger partial charge in [-0.25, -0.2) is 0 Å². The highest BCUT2D eigenvalue weighted by atomic mass is 16.7. The quantitative estimate of drug-likeness (QED) is 0.705. The molecule has 0 aliphatic carbocycles. The van der Waals surface area contributed by atoms with Crippen LogP contribution in [0.4, 0.5) is 0 Å². The number of hydrogen-bond acceptors (Lipinski definition) is 4. The highest BCUT2D eigenvalue weighted by molar-refractivity contribution is 4.78. The summed E-state index contributed by atoms with van der Waals surface area (Å²) in [6.07, 6.45) is 8.77. The molecule has 0 bridgehead atoms. The van der Waals surface area contributed by atoms with Gasteiger partial charge in [-0.05, 0) is 51.6 Å². The number of nitrogens with one attached hydrogen (secondary N) is 1. The van der Waals surface area contributed by atoms with Crippen molar-refractivity contribution < 1.29 is 9.47 Å². The molecule has 2 heterocycles. The lowest BCUT2D eigenvalue weighted by Gasteiger charge is -2.27. The van der Waals surface area contributed by atoms with Crippen LogP contribution in [0, 0.1) is 0 Å². The van der Waals surface area contributed by atoms with Gasteiger partial charge in [-0.2, -0.15) is 0 Å². The van der Waals surface area contributed by atoms with Gasteiger partial charge in [0.15, 0.2) is 6.29 Å². The van der Waals surface area contributed by atoms with Crippen molar-refractivity contribution in [2.24, 2.45) is 0 Å². The highest BCUT2D eigenvalue weighted by Crippen LogP contribution is 2.14. The highest BCUT2D eigenvalue weighted by Gasteiger charge is 2.18. The van der Waals surface area contributed by atoms with E-state index < -0.39 is 0 Å². The third-order valence-corrected chi connectivity index (χ3v) is 4.32. The molecule has 0 amide bonds. The predicted molar refractivity (Wildman–Crippen MR) is 81.9 cm³/mol. The van der Waals surface area contributed by atoms with E-state index in [4.69, 9.17) is 9.47 Å². The molecule has 0 aromatic rings. The van der Waals surface area contributed by atoms with Gasteiger partial charge in [0.1, 0.15) is 0 Å². The number of ether oxygens (including phenoxy) is 2. The largest absolute Gasteiger partial charge is 0.353 e. The van der Waals surface area contributed by atoms with Crippen LogP contribution < -0.4 is 5.32 Å². The molecule has 2 atom stereocenters. The van der Waals surface area contributed by atoms with Crippen molar-refractivity contribution in [2.45, 2.75) is 64.2 Å². The molecule has 20 heavy (non-hydrogen) atoms. The summed E-state index contributed by atoms with van der Waals surface area (Å²) in [5.41, 5.74) is 0. The second kappa shape index (κ2) is 9.72. The van der Waals surface area contributed by atoms with E-state index in [1.165, 1.54) is 58.2 Å². The van der Waals surface area contributed by atoms with Crippen LogP contribution in [0.1, 0.15) is 51.9 Å². The molecule has 1 N–H and O–H groups in total. The molecule has 2 saturated heterocycles. The Bertz CT molecular complexity index is 239. The minimum Gasteiger partial charge on any atom is -0.353 e. The summed E-state index contributed by atoms with van der Waals surface area (Å²) in [5.74, 6) is 0. The molecule has 0 aromatic heterocycles. The van der Waals surface area contributed by atoms with Gasteiger partial charge in [0.25, 0.3) is 0 Å². The molecule has 0 aromatic carbocycles. The molecule has 4 heteroatoms. The van der Waals surface area contributed by atoms with Gasteiger partial charge in [-0.1, -0.05) is 13.3 Å². The fraction of sp³-hybridized carbons (Fsp3) is 1.00. The van der Waals surface area contributed by atoms with Gasteiger partial charge in [-0.15, -0.1) is 0 Å². The summed E-state index contributed by atoms with van der Waals surface area (Å²) in [4.78, 5) is 2.56. The van der Waals surface area contributed by atoms with Crippen molar-refractivity contribution in [2.75, 3.05) is 39.4 Å². The SMILES string of the molecule is CCCCN(CCOC1CCCCO1)CC1CCCN1. The Morgan fingerprint density at radius 3 is 2.85 bits per heavy atom. The Hall–Kier alpha value is -0.160. The third-order valence-electron chi connectivity index (χ3n) is 4.32. The first kappa shape index (κ1) is 16.2. The first-order valence-corrected chi connectivity index (χ1v) is 8.57. The predicted octanol–water partition coefficient (Wildman–Crippen LogP) is 2.38. The van der Waals surface area contributed by atoms with Crippen molar-refractivity contribution in [3.8, 4) is 0 Å². The van der Waals surface area contributed by atoms with Gasteiger partial charge >= 0.3 is 0 Å². The summed E-state index contributed by atoms with van der Waals surface area (Å²) in [5, 5.41) is 3.60.